The van der Waals surface area contributed by atoms with Crippen LogP contribution in [-0.2, 0) is 17.8 Å². The molecule has 7 nitrogen and oxygen atoms in total. The van der Waals surface area contributed by atoms with E-state index >= 15 is 0 Å². The van der Waals surface area contributed by atoms with E-state index < -0.39 is 12.0 Å². The van der Waals surface area contributed by atoms with Gasteiger partial charge in [-0.2, -0.15) is 0 Å². The highest BCUT2D eigenvalue weighted by atomic mass is 16.5. The molecule has 2 aliphatic rings. The van der Waals surface area contributed by atoms with E-state index in [0.717, 1.165) is 22.3 Å². The normalized spacial score (nSPS) is 18.2. The van der Waals surface area contributed by atoms with Crippen molar-refractivity contribution in [3.05, 3.63) is 88.7 Å². The lowest BCUT2D eigenvalue weighted by Crippen LogP contribution is -2.50. The van der Waals surface area contributed by atoms with Crippen molar-refractivity contribution in [2.24, 2.45) is 0 Å². The molecule has 0 bridgehead atoms. The van der Waals surface area contributed by atoms with Gasteiger partial charge in [0.1, 0.15) is 0 Å². The van der Waals surface area contributed by atoms with Gasteiger partial charge in [0.15, 0.2) is 11.5 Å². The number of nitrogens with one attached hydrogen (secondary N) is 1. The van der Waals surface area contributed by atoms with Crippen LogP contribution in [0.15, 0.2) is 60.9 Å². The Morgan fingerprint density at radius 1 is 1.06 bits per heavy atom. The molecule has 5 rings (SSSR count). The monoisotopic (exact) mass is 471 g/mol. The molecule has 3 heterocycles. The average molecular weight is 472 g/mol. The zero-order valence-corrected chi connectivity index (χ0v) is 20.0. The third-order valence-corrected chi connectivity index (χ3v) is 6.66. The molecule has 0 radical (unpaired) electrons. The molecule has 0 unspecified atom stereocenters. The van der Waals surface area contributed by atoms with Gasteiger partial charge in [-0.15, -0.1) is 0 Å². The summed E-state index contributed by atoms with van der Waals surface area (Å²) >= 11 is 0. The quantitative estimate of drug-likeness (QED) is 0.563. The molecule has 2 aliphatic heterocycles. The SMILES string of the molecule is CCOc1cc2c(cc1OCC)[C@H]1[C@@H](C(=O)NCc3cccnc3)c3ccccc3C(=O)N1CC2. The molecule has 3 aromatic rings. The van der Waals surface area contributed by atoms with Gasteiger partial charge in [-0.3, -0.25) is 14.6 Å². The summed E-state index contributed by atoms with van der Waals surface area (Å²) in [6.45, 7) is 5.79. The Kier molecular flexibility index (Phi) is 6.40. The second kappa shape index (κ2) is 9.78. The Balaban J connectivity index is 1.59. The van der Waals surface area contributed by atoms with Crippen molar-refractivity contribution in [2.45, 2.75) is 38.8 Å². The minimum absolute atomic E-state index is 0.0422. The van der Waals surface area contributed by atoms with E-state index in [1.807, 2.05) is 67.3 Å². The van der Waals surface area contributed by atoms with Crippen LogP contribution in [0.2, 0.25) is 0 Å². The van der Waals surface area contributed by atoms with Gasteiger partial charge < -0.3 is 19.7 Å². The highest BCUT2D eigenvalue weighted by molar-refractivity contribution is 6.01. The summed E-state index contributed by atoms with van der Waals surface area (Å²) in [6.07, 6.45) is 4.14. The number of ether oxygens (including phenoxy) is 2. The number of hydrogen-bond donors (Lipinski definition) is 1. The third-order valence-electron chi connectivity index (χ3n) is 6.66. The number of amides is 2. The van der Waals surface area contributed by atoms with Crippen molar-refractivity contribution in [3.63, 3.8) is 0 Å². The van der Waals surface area contributed by atoms with Crippen LogP contribution < -0.4 is 14.8 Å². The second-order valence-electron chi connectivity index (χ2n) is 8.70. The minimum Gasteiger partial charge on any atom is -0.490 e. The Morgan fingerprint density at radius 2 is 1.83 bits per heavy atom. The van der Waals surface area contributed by atoms with Gasteiger partial charge in [0.2, 0.25) is 5.91 Å². The van der Waals surface area contributed by atoms with Gasteiger partial charge in [-0.1, -0.05) is 24.3 Å². The topological polar surface area (TPSA) is 80.8 Å². The van der Waals surface area contributed by atoms with E-state index in [2.05, 4.69) is 10.3 Å². The van der Waals surface area contributed by atoms with Crippen LogP contribution in [0.4, 0.5) is 0 Å². The van der Waals surface area contributed by atoms with Crippen molar-refractivity contribution in [1.82, 2.24) is 15.2 Å². The molecular weight excluding hydrogens is 442 g/mol. The summed E-state index contributed by atoms with van der Waals surface area (Å²) in [5.41, 5.74) is 4.27. The maximum absolute atomic E-state index is 13.8. The van der Waals surface area contributed by atoms with Crippen molar-refractivity contribution >= 4 is 11.8 Å². The standard InChI is InChI=1S/C28H29N3O4/c1-3-34-23-14-19-11-13-31-26(22(19)15-24(23)35-4-2)25(20-9-5-6-10-21(20)28(31)33)27(32)30-17-18-8-7-12-29-16-18/h5-10,12,14-16,25-26H,3-4,11,13,17H2,1-2H3,(H,30,32)/t25-,26-/m0/s1. The summed E-state index contributed by atoms with van der Waals surface area (Å²) in [7, 11) is 0. The molecule has 7 heteroatoms. The molecule has 2 atom stereocenters. The van der Waals surface area contributed by atoms with E-state index in [9.17, 15) is 9.59 Å². The molecule has 1 aromatic heterocycles. The molecule has 1 N–H and O–H groups in total. The lowest BCUT2D eigenvalue weighted by atomic mass is 9.75. The van der Waals surface area contributed by atoms with Crippen molar-refractivity contribution in [2.75, 3.05) is 19.8 Å². The lowest BCUT2D eigenvalue weighted by Gasteiger charge is -2.45. The first kappa shape index (κ1) is 22.9. The molecule has 35 heavy (non-hydrogen) atoms. The van der Waals surface area contributed by atoms with Gasteiger partial charge in [0.05, 0.1) is 25.2 Å². The fourth-order valence-corrected chi connectivity index (χ4v) is 5.16. The first-order valence-electron chi connectivity index (χ1n) is 12.1. The Labute approximate surface area is 205 Å². The summed E-state index contributed by atoms with van der Waals surface area (Å²) in [5, 5.41) is 3.09. The van der Waals surface area contributed by atoms with Crippen molar-refractivity contribution in [3.8, 4) is 11.5 Å². The Morgan fingerprint density at radius 3 is 2.57 bits per heavy atom. The van der Waals surface area contributed by atoms with Gasteiger partial charge in [0.25, 0.3) is 5.91 Å². The van der Waals surface area contributed by atoms with Crippen LogP contribution >= 0.6 is 0 Å². The minimum atomic E-state index is -0.549. The smallest absolute Gasteiger partial charge is 0.254 e. The predicted molar refractivity (Wildman–Crippen MR) is 132 cm³/mol. The molecular formula is C28H29N3O4. The van der Waals surface area contributed by atoms with E-state index in [1.165, 1.54) is 0 Å². The number of benzene rings is 2. The lowest BCUT2D eigenvalue weighted by molar-refractivity contribution is -0.124. The van der Waals surface area contributed by atoms with Crippen molar-refractivity contribution in [1.29, 1.82) is 0 Å². The Bertz CT molecular complexity index is 1240. The van der Waals surface area contributed by atoms with Gasteiger partial charge in [-0.05, 0) is 66.8 Å². The second-order valence-corrected chi connectivity index (χ2v) is 8.70. The van der Waals surface area contributed by atoms with Gasteiger partial charge >= 0.3 is 0 Å². The maximum Gasteiger partial charge on any atom is 0.254 e. The molecule has 2 aromatic carbocycles. The summed E-state index contributed by atoms with van der Waals surface area (Å²) in [6, 6.07) is 14.8. The molecule has 180 valence electrons. The maximum atomic E-state index is 13.8. The van der Waals surface area contributed by atoms with Crippen LogP contribution in [0.3, 0.4) is 0 Å². The van der Waals surface area contributed by atoms with Crippen LogP contribution in [-0.4, -0.2) is 41.5 Å². The van der Waals surface area contributed by atoms with Crippen LogP contribution in [0.5, 0.6) is 11.5 Å². The summed E-state index contributed by atoms with van der Waals surface area (Å²) in [4.78, 5) is 33.3. The fourth-order valence-electron chi connectivity index (χ4n) is 5.16. The summed E-state index contributed by atoms with van der Waals surface area (Å²) < 4.78 is 11.7. The first-order chi connectivity index (χ1) is 17.1. The van der Waals surface area contributed by atoms with Crippen LogP contribution in [0, 0.1) is 0 Å². The zero-order chi connectivity index (χ0) is 24.4. The fraction of sp³-hybridized carbons (Fsp3) is 0.321. The zero-order valence-electron chi connectivity index (χ0n) is 20.0. The number of fused-ring (bicyclic) bond motifs is 4. The highest BCUT2D eigenvalue weighted by Gasteiger charge is 2.46. The van der Waals surface area contributed by atoms with Gasteiger partial charge in [0, 0.05) is 31.0 Å². The number of carbonyl (C=O) groups excluding carboxylic acids is 2. The molecule has 0 aliphatic carbocycles. The summed E-state index contributed by atoms with van der Waals surface area (Å²) in [5.74, 6) is 0.618. The van der Waals surface area contributed by atoms with E-state index in [1.54, 1.807) is 12.4 Å². The number of pyridine rings is 1. The molecule has 0 spiro atoms. The van der Waals surface area contributed by atoms with Crippen LogP contribution in [0.1, 0.15) is 58.4 Å². The highest BCUT2D eigenvalue weighted by Crippen LogP contribution is 2.48. The molecule has 0 fully saturated rings. The number of aromatic nitrogens is 1. The molecule has 0 saturated heterocycles. The largest absolute Gasteiger partial charge is 0.490 e. The van der Waals surface area contributed by atoms with Crippen molar-refractivity contribution < 1.29 is 19.1 Å². The molecule has 2 amide bonds. The predicted octanol–water partition coefficient (Wildman–Crippen LogP) is 4.03. The molecule has 0 saturated carbocycles. The number of rotatable bonds is 7. The first-order valence-corrected chi connectivity index (χ1v) is 12.1. The Hall–Kier alpha value is -3.87. The number of nitrogens with zero attached hydrogens (tertiary/aromatic N) is 2. The van der Waals surface area contributed by atoms with Gasteiger partial charge in [-0.25, -0.2) is 0 Å². The average Bonchev–Trinajstić information content (AvgIpc) is 2.89. The third kappa shape index (κ3) is 4.22. The van der Waals surface area contributed by atoms with E-state index in [4.69, 9.17) is 9.47 Å². The number of carbonyl (C=O) groups is 2. The van der Waals surface area contributed by atoms with E-state index in [0.29, 0.717) is 49.8 Å². The van der Waals surface area contributed by atoms with Crippen LogP contribution in [0.25, 0.3) is 0 Å². The van der Waals surface area contributed by atoms with E-state index in [-0.39, 0.29) is 11.8 Å². The number of hydrogen-bond acceptors (Lipinski definition) is 5.